The average molecular weight is 423 g/mol. The molecule has 6 nitrogen and oxygen atoms in total. The second-order valence-corrected chi connectivity index (χ2v) is 8.06. The summed E-state index contributed by atoms with van der Waals surface area (Å²) in [6.45, 7) is 3.67. The van der Waals surface area contributed by atoms with Crippen LogP contribution in [0.3, 0.4) is 0 Å². The molecule has 0 amide bonds. The normalized spacial score (nSPS) is 13.8. The largest absolute Gasteiger partial charge is 0.464 e. The SMILES string of the molecule is COC(=O)c1cc(C)cc(CNCc2ncc(C3CCC3)n2Cc2ccc(F)cc2)n1. The number of ether oxygens (including phenoxy) is 1. The Labute approximate surface area is 181 Å². The van der Waals surface area contributed by atoms with Crippen LogP contribution in [0, 0.1) is 12.7 Å². The summed E-state index contributed by atoms with van der Waals surface area (Å²) in [4.78, 5) is 20.9. The third kappa shape index (κ3) is 4.99. The third-order valence-corrected chi connectivity index (χ3v) is 5.75. The zero-order valence-corrected chi connectivity index (χ0v) is 17.9. The number of halogens is 1. The molecule has 1 aliphatic rings. The number of hydrogen-bond acceptors (Lipinski definition) is 5. The van der Waals surface area contributed by atoms with E-state index in [-0.39, 0.29) is 5.82 Å². The van der Waals surface area contributed by atoms with E-state index in [2.05, 4.69) is 19.9 Å². The number of nitrogens with one attached hydrogen (secondary N) is 1. The van der Waals surface area contributed by atoms with Gasteiger partial charge in [0.1, 0.15) is 17.3 Å². The van der Waals surface area contributed by atoms with Gasteiger partial charge in [-0.2, -0.15) is 0 Å². The van der Waals surface area contributed by atoms with Gasteiger partial charge in [0.25, 0.3) is 0 Å². The van der Waals surface area contributed by atoms with Crippen molar-refractivity contribution in [1.82, 2.24) is 19.9 Å². The summed E-state index contributed by atoms with van der Waals surface area (Å²) in [5.41, 5.74) is 4.33. The molecule has 1 fully saturated rings. The van der Waals surface area contributed by atoms with Gasteiger partial charge in [0.2, 0.25) is 0 Å². The molecular formula is C24H27FN4O2. The zero-order chi connectivity index (χ0) is 21.8. The van der Waals surface area contributed by atoms with Crippen LogP contribution in [-0.2, 0) is 24.4 Å². The van der Waals surface area contributed by atoms with Crippen LogP contribution in [0.2, 0.25) is 0 Å². The molecule has 1 saturated carbocycles. The Hall–Kier alpha value is -3.06. The van der Waals surface area contributed by atoms with Crippen molar-refractivity contribution in [3.63, 3.8) is 0 Å². The maximum absolute atomic E-state index is 13.3. The lowest BCUT2D eigenvalue weighted by atomic mass is 9.83. The van der Waals surface area contributed by atoms with Gasteiger partial charge in [-0.3, -0.25) is 0 Å². The lowest BCUT2D eigenvalue weighted by Gasteiger charge is -2.27. The van der Waals surface area contributed by atoms with E-state index >= 15 is 0 Å². The van der Waals surface area contributed by atoms with E-state index in [9.17, 15) is 9.18 Å². The van der Waals surface area contributed by atoms with Gasteiger partial charge in [0.05, 0.1) is 19.3 Å². The summed E-state index contributed by atoms with van der Waals surface area (Å²) in [6, 6.07) is 10.3. The van der Waals surface area contributed by atoms with Gasteiger partial charge in [0, 0.05) is 30.9 Å². The first-order valence-corrected chi connectivity index (χ1v) is 10.6. The zero-order valence-electron chi connectivity index (χ0n) is 17.9. The Balaban J connectivity index is 1.48. The number of hydrogen-bond donors (Lipinski definition) is 1. The van der Waals surface area contributed by atoms with E-state index in [1.807, 2.05) is 31.3 Å². The molecular weight excluding hydrogens is 395 g/mol. The number of rotatable bonds is 8. The molecule has 162 valence electrons. The fraction of sp³-hybridized carbons (Fsp3) is 0.375. The van der Waals surface area contributed by atoms with Crippen molar-refractivity contribution >= 4 is 5.97 Å². The molecule has 3 aromatic rings. The Bertz CT molecular complexity index is 1060. The van der Waals surface area contributed by atoms with Gasteiger partial charge in [-0.05, 0) is 55.2 Å². The number of nitrogens with zero attached hydrogens (tertiary/aromatic N) is 3. The Kier molecular flexibility index (Phi) is 6.42. The molecule has 0 aliphatic heterocycles. The second kappa shape index (κ2) is 9.39. The van der Waals surface area contributed by atoms with E-state index in [1.165, 1.54) is 44.2 Å². The minimum absolute atomic E-state index is 0.229. The molecule has 0 bridgehead atoms. The van der Waals surface area contributed by atoms with Crippen LogP contribution in [0.4, 0.5) is 4.39 Å². The molecule has 0 spiro atoms. The first kappa shape index (κ1) is 21.2. The summed E-state index contributed by atoms with van der Waals surface area (Å²) in [7, 11) is 1.35. The fourth-order valence-electron chi connectivity index (χ4n) is 3.90. The summed E-state index contributed by atoms with van der Waals surface area (Å²) in [5.74, 6) is 0.812. The number of benzene rings is 1. The lowest BCUT2D eigenvalue weighted by Crippen LogP contribution is -2.21. The fourth-order valence-corrected chi connectivity index (χ4v) is 3.90. The molecule has 7 heteroatoms. The molecule has 1 aliphatic carbocycles. The molecule has 31 heavy (non-hydrogen) atoms. The van der Waals surface area contributed by atoms with Crippen molar-refractivity contribution in [3.05, 3.63) is 82.4 Å². The maximum atomic E-state index is 13.3. The van der Waals surface area contributed by atoms with Gasteiger partial charge in [-0.25, -0.2) is 19.2 Å². The molecule has 2 heterocycles. The molecule has 0 radical (unpaired) electrons. The summed E-state index contributed by atoms with van der Waals surface area (Å²) in [5, 5.41) is 3.39. The van der Waals surface area contributed by atoms with Crippen molar-refractivity contribution in [2.45, 2.75) is 51.7 Å². The topological polar surface area (TPSA) is 69.0 Å². The van der Waals surface area contributed by atoms with E-state index < -0.39 is 5.97 Å². The van der Waals surface area contributed by atoms with Crippen molar-refractivity contribution in [2.75, 3.05) is 7.11 Å². The number of carbonyl (C=O) groups is 1. The monoisotopic (exact) mass is 422 g/mol. The van der Waals surface area contributed by atoms with Crippen LogP contribution in [-0.4, -0.2) is 27.6 Å². The van der Waals surface area contributed by atoms with Crippen molar-refractivity contribution in [2.24, 2.45) is 0 Å². The number of aromatic nitrogens is 3. The molecule has 0 unspecified atom stereocenters. The number of methoxy groups -OCH3 is 1. The Morgan fingerprint density at radius 3 is 2.68 bits per heavy atom. The first-order chi connectivity index (χ1) is 15.0. The summed E-state index contributed by atoms with van der Waals surface area (Å²) < 4.78 is 20.3. The molecule has 0 atom stereocenters. The lowest BCUT2D eigenvalue weighted by molar-refractivity contribution is 0.0593. The van der Waals surface area contributed by atoms with Crippen molar-refractivity contribution in [1.29, 1.82) is 0 Å². The van der Waals surface area contributed by atoms with Crippen LogP contribution in [0.15, 0.2) is 42.6 Å². The molecule has 1 N–H and O–H groups in total. The predicted molar refractivity (Wildman–Crippen MR) is 115 cm³/mol. The highest BCUT2D eigenvalue weighted by Crippen LogP contribution is 2.36. The van der Waals surface area contributed by atoms with Crippen LogP contribution >= 0.6 is 0 Å². The predicted octanol–water partition coefficient (Wildman–Crippen LogP) is 4.12. The summed E-state index contributed by atoms with van der Waals surface area (Å²) in [6.07, 6.45) is 5.60. The van der Waals surface area contributed by atoms with Crippen LogP contribution in [0.5, 0.6) is 0 Å². The number of carbonyl (C=O) groups excluding carboxylic acids is 1. The number of imidazole rings is 1. The van der Waals surface area contributed by atoms with E-state index in [0.717, 1.165) is 22.6 Å². The third-order valence-electron chi connectivity index (χ3n) is 5.75. The average Bonchev–Trinajstić information content (AvgIpc) is 3.09. The minimum Gasteiger partial charge on any atom is -0.464 e. The van der Waals surface area contributed by atoms with Gasteiger partial charge < -0.3 is 14.6 Å². The highest BCUT2D eigenvalue weighted by atomic mass is 19.1. The number of aryl methyl sites for hydroxylation is 1. The first-order valence-electron chi connectivity index (χ1n) is 10.6. The highest BCUT2D eigenvalue weighted by Gasteiger charge is 2.24. The molecule has 1 aromatic carbocycles. The van der Waals surface area contributed by atoms with Gasteiger partial charge in [-0.1, -0.05) is 18.6 Å². The second-order valence-electron chi connectivity index (χ2n) is 8.06. The van der Waals surface area contributed by atoms with E-state index in [1.54, 1.807) is 6.07 Å². The van der Waals surface area contributed by atoms with Gasteiger partial charge >= 0.3 is 5.97 Å². The van der Waals surface area contributed by atoms with Gasteiger partial charge in [-0.15, -0.1) is 0 Å². The number of pyridine rings is 1. The Morgan fingerprint density at radius 2 is 2.00 bits per heavy atom. The molecule has 4 rings (SSSR count). The smallest absolute Gasteiger partial charge is 0.356 e. The highest BCUT2D eigenvalue weighted by molar-refractivity contribution is 5.87. The van der Waals surface area contributed by atoms with Crippen LogP contribution < -0.4 is 5.32 Å². The quantitative estimate of drug-likeness (QED) is 0.553. The van der Waals surface area contributed by atoms with Crippen LogP contribution in [0.25, 0.3) is 0 Å². The van der Waals surface area contributed by atoms with Crippen molar-refractivity contribution < 1.29 is 13.9 Å². The maximum Gasteiger partial charge on any atom is 0.356 e. The van der Waals surface area contributed by atoms with Gasteiger partial charge in [0.15, 0.2) is 0 Å². The number of esters is 1. The molecule has 0 saturated heterocycles. The van der Waals surface area contributed by atoms with E-state index in [4.69, 9.17) is 4.74 Å². The van der Waals surface area contributed by atoms with E-state index in [0.29, 0.717) is 31.2 Å². The Morgan fingerprint density at radius 1 is 1.23 bits per heavy atom. The standard InChI is InChI=1S/C24H27FN4O2/c1-16-10-20(28-21(11-16)24(30)31-2)12-26-14-23-27-13-22(18-4-3-5-18)29(23)15-17-6-8-19(25)9-7-17/h6-11,13,18,26H,3-5,12,14-15H2,1-2H3. The summed E-state index contributed by atoms with van der Waals surface area (Å²) >= 11 is 0. The minimum atomic E-state index is -0.440. The van der Waals surface area contributed by atoms with Crippen molar-refractivity contribution in [3.8, 4) is 0 Å². The molecule has 2 aromatic heterocycles. The van der Waals surface area contributed by atoms with Crippen LogP contribution in [0.1, 0.15) is 64.0 Å².